The molecular formula is C16H22N2OS. The number of carbonyl (C=O) groups is 1. The van der Waals surface area contributed by atoms with Crippen LogP contribution in [0.25, 0.3) is 0 Å². The van der Waals surface area contributed by atoms with Crippen LogP contribution in [-0.2, 0) is 4.79 Å². The van der Waals surface area contributed by atoms with E-state index in [4.69, 9.17) is 0 Å². The summed E-state index contributed by atoms with van der Waals surface area (Å²) < 4.78 is 0. The molecule has 4 rings (SSSR count). The molecule has 1 unspecified atom stereocenters. The number of rotatable bonds is 3. The van der Waals surface area contributed by atoms with Gasteiger partial charge < -0.3 is 4.90 Å². The van der Waals surface area contributed by atoms with Gasteiger partial charge in [-0.1, -0.05) is 12.8 Å². The molecule has 20 heavy (non-hydrogen) atoms. The van der Waals surface area contributed by atoms with Crippen molar-refractivity contribution in [3.05, 3.63) is 21.9 Å². The molecule has 3 nitrogen and oxygen atoms in total. The average Bonchev–Trinajstić information content (AvgIpc) is 2.85. The highest BCUT2D eigenvalue weighted by atomic mass is 32.1. The minimum absolute atomic E-state index is 0.125. The predicted molar refractivity (Wildman–Crippen MR) is 80.6 cm³/mol. The Balaban J connectivity index is 1.65. The maximum absolute atomic E-state index is 13.0. The summed E-state index contributed by atoms with van der Waals surface area (Å²) in [4.78, 5) is 17.7. The third-order valence-corrected chi connectivity index (χ3v) is 6.09. The van der Waals surface area contributed by atoms with E-state index >= 15 is 0 Å². The highest BCUT2D eigenvalue weighted by Gasteiger charge is 2.53. The van der Waals surface area contributed by atoms with Gasteiger partial charge in [0.25, 0.3) is 0 Å². The Kier molecular flexibility index (Phi) is 2.93. The minimum Gasteiger partial charge on any atom is -0.320 e. The fourth-order valence-corrected chi connectivity index (χ4v) is 4.66. The van der Waals surface area contributed by atoms with Gasteiger partial charge >= 0.3 is 0 Å². The van der Waals surface area contributed by atoms with E-state index in [0.29, 0.717) is 5.91 Å². The van der Waals surface area contributed by atoms with Crippen LogP contribution < -0.4 is 5.32 Å². The van der Waals surface area contributed by atoms with Crippen LogP contribution in [0.3, 0.4) is 0 Å². The molecule has 108 valence electrons. The summed E-state index contributed by atoms with van der Waals surface area (Å²) in [5.41, 5.74) is -0.239. The number of hydrogen-bond donors (Lipinski definition) is 1. The Morgan fingerprint density at radius 2 is 2.10 bits per heavy atom. The standard InChI is InChI=1S/C16H22N2OS/c1-11-4-7-13(20-11)14-17-16(8-2-3-9-16)15(19)18(14)10-12-5-6-12/h4,7,12,14,17H,2-3,5-6,8-10H2,1H3. The second-order valence-corrected chi connectivity index (χ2v) is 8.00. The summed E-state index contributed by atoms with van der Waals surface area (Å²) in [6.07, 6.45) is 7.14. The van der Waals surface area contributed by atoms with Crippen molar-refractivity contribution in [1.82, 2.24) is 10.2 Å². The van der Waals surface area contributed by atoms with Crippen molar-refractivity contribution in [2.75, 3.05) is 6.54 Å². The summed E-state index contributed by atoms with van der Waals surface area (Å²) >= 11 is 1.82. The molecule has 1 saturated heterocycles. The van der Waals surface area contributed by atoms with E-state index in [9.17, 15) is 4.79 Å². The number of hydrogen-bond acceptors (Lipinski definition) is 3. The molecule has 1 spiro atoms. The van der Waals surface area contributed by atoms with Crippen LogP contribution in [-0.4, -0.2) is 22.9 Å². The van der Waals surface area contributed by atoms with Crippen molar-refractivity contribution in [2.45, 2.75) is 57.2 Å². The second kappa shape index (κ2) is 4.57. The van der Waals surface area contributed by atoms with Crippen molar-refractivity contribution in [1.29, 1.82) is 0 Å². The molecule has 1 aromatic heterocycles. The molecule has 3 aliphatic rings. The van der Waals surface area contributed by atoms with E-state index < -0.39 is 0 Å². The first-order valence-electron chi connectivity index (χ1n) is 7.83. The fraction of sp³-hybridized carbons (Fsp3) is 0.688. The van der Waals surface area contributed by atoms with E-state index in [1.807, 2.05) is 11.3 Å². The summed E-state index contributed by atoms with van der Waals surface area (Å²) in [6.45, 7) is 3.09. The smallest absolute Gasteiger partial charge is 0.244 e. The molecule has 2 saturated carbocycles. The Hall–Kier alpha value is -0.870. The van der Waals surface area contributed by atoms with Gasteiger partial charge in [0.2, 0.25) is 5.91 Å². The van der Waals surface area contributed by atoms with Gasteiger partial charge in [-0.05, 0) is 50.7 Å². The van der Waals surface area contributed by atoms with E-state index in [2.05, 4.69) is 29.3 Å². The number of carbonyl (C=O) groups excluding carboxylic acids is 1. The van der Waals surface area contributed by atoms with Crippen molar-refractivity contribution >= 4 is 17.2 Å². The van der Waals surface area contributed by atoms with Gasteiger partial charge in [0.1, 0.15) is 6.17 Å². The number of thiophene rings is 1. The summed E-state index contributed by atoms with van der Waals surface area (Å²) in [7, 11) is 0. The maximum Gasteiger partial charge on any atom is 0.244 e. The zero-order valence-corrected chi connectivity index (χ0v) is 12.8. The Morgan fingerprint density at radius 3 is 2.70 bits per heavy atom. The number of nitrogens with zero attached hydrogens (tertiary/aromatic N) is 1. The topological polar surface area (TPSA) is 32.3 Å². The number of nitrogens with one attached hydrogen (secondary N) is 1. The summed E-state index contributed by atoms with van der Waals surface area (Å²) in [5, 5.41) is 3.72. The molecule has 0 aromatic carbocycles. The zero-order chi connectivity index (χ0) is 13.7. The van der Waals surface area contributed by atoms with Crippen molar-refractivity contribution in [2.24, 2.45) is 5.92 Å². The van der Waals surface area contributed by atoms with E-state index in [1.54, 1.807) is 0 Å². The monoisotopic (exact) mass is 290 g/mol. The quantitative estimate of drug-likeness (QED) is 0.927. The number of aryl methyl sites for hydroxylation is 1. The third kappa shape index (κ3) is 2.01. The lowest BCUT2D eigenvalue weighted by molar-refractivity contribution is -0.133. The van der Waals surface area contributed by atoms with Crippen LogP contribution >= 0.6 is 11.3 Å². The molecule has 2 heterocycles. The van der Waals surface area contributed by atoms with Crippen LogP contribution in [0.5, 0.6) is 0 Å². The first-order chi connectivity index (χ1) is 9.68. The molecule has 2 aliphatic carbocycles. The van der Waals surface area contributed by atoms with Crippen LogP contribution in [0, 0.1) is 12.8 Å². The molecule has 1 N–H and O–H groups in total. The van der Waals surface area contributed by atoms with Crippen molar-refractivity contribution in [3.8, 4) is 0 Å². The lowest BCUT2D eigenvalue weighted by Gasteiger charge is -2.23. The number of amides is 1. The van der Waals surface area contributed by atoms with E-state index in [-0.39, 0.29) is 11.7 Å². The molecule has 4 heteroatoms. The summed E-state index contributed by atoms with van der Waals surface area (Å²) in [6, 6.07) is 4.36. The molecule has 0 bridgehead atoms. The molecular weight excluding hydrogens is 268 g/mol. The van der Waals surface area contributed by atoms with Crippen LogP contribution in [0.15, 0.2) is 12.1 Å². The lowest BCUT2D eigenvalue weighted by atomic mass is 9.98. The molecule has 0 radical (unpaired) electrons. The molecule has 1 aliphatic heterocycles. The zero-order valence-electron chi connectivity index (χ0n) is 12.0. The average molecular weight is 290 g/mol. The Bertz CT molecular complexity index is 528. The van der Waals surface area contributed by atoms with Gasteiger partial charge in [-0.15, -0.1) is 11.3 Å². The highest BCUT2D eigenvalue weighted by Crippen LogP contribution is 2.44. The van der Waals surface area contributed by atoms with Gasteiger partial charge in [0, 0.05) is 16.3 Å². The molecule has 1 amide bonds. The molecule has 1 aromatic rings. The normalized spacial score (nSPS) is 28.8. The fourth-order valence-electron chi connectivity index (χ4n) is 3.72. The van der Waals surface area contributed by atoms with E-state index in [0.717, 1.165) is 25.3 Å². The van der Waals surface area contributed by atoms with Gasteiger partial charge in [-0.2, -0.15) is 0 Å². The van der Waals surface area contributed by atoms with Crippen LogP contribution in [0.4, 0.5) is 0 Å². The maximum atomic E-state index is 13.0. The predicted octanol–water partition coefficient (Wildman–Crippen LogP) is 3.21. The van der Waals surface area contributed by atoms with Gasteiger partial charge in [0.15, 0.2) is 0 Å². The largest absolute Gasteiger partial charge is 0.320 e. The van der Waals surface area contributed by atoms with Crippen molar-refractivity contribution < 1.29 is 4.79 Å². The molecule has 1 atom stereocenters. The first kappa shape index (κ1) is 12.8. The summed E-state index contributed by atoms with van der Waals surface area (Å²) in [5.74, 6) is 1.12. The van der Waals surface area contributed by atoms with Crippen LogP contribution in [0.2, 0.25) is 0 Å². The second-order valence-electron chi connectivity index (χ2n) is 6.69. The van der Waals surface area contributed by atoms with E-state index in [1.165, 1.54) is 35.4 Å². The molecule has 3 fully saturated rings. The Labute approximate surface area is 124 Å². The van der Waals surface area contributed by atoms with Gasteiger partial charge in [0.05, 0.1) is 5.54 Å². The van der Waals surface area contributed by atoms with Gasteiger partial charge in [-0.25, -0.2) is 0 Å². The minimum atomic E-state index is -0.239. The Morgan fingerprint density at radius 1 is 1.35 bits per heavy atom. The third-order valence-electron chi connectivity index (χ3n) is 5.03. The lowest BCUT2D eigenvalue weighted by Crippen LogP contribution is -2.44. The SMILES string of the molecule is Cc1ccc(C2NC3(CCCC3)C(=O)N2CC2CC2)s1. The van der Waals surface area contributed by atoms with Crippen LogP contribution in [0.1, 0.15) is 54.4 Å². The first-order valence-corrected chi connectivity index (χ1v) is 8.65. The van der Waals surface area contributed by atoms with Crippen molar-refractivity contribution in [3.63, 3.8) is 0 Å². The highest BCUT2D eigenvalue weighted by molar-refractivity contribution is 7.12. The van der Waals surface area contributed by atoms with Gasteiger partial charge in [-0.3, -0.25) is 10.1 Å².